The average molecular weight is 863 g/mol. The number of carbonyl (C=O) groups is 4. The van der Waals surface area contributed by atoms with Gasteiger partial charge in [-0.15, -0.1) is 0 Å². The summed E-state index contributed by atoms with van der Waals surface area (Å²) in [5.74, 6) is -4.47. The molecule has 326 valence electrons. The summed E-state index contributed by atoms with van der Waals surface area (Å²) in [4.78, 5) is 82.1. The monoisotopic (exact) mass is 862 g/mol. The topological polar surface area (TPSA) is 206 Å². The Bertz CT molecular complexity index is 2520. The molecule has 0 aliphatic carbocycles. The number of fused-ring (bicyclic) bond motifs is 1. The Morgan fingerprint density at radius 2 is 1.05 bits per heavy atom. The first-order valence-electron chi connectivity index (χ1n) is 20.0. The van der Waals surface area contributed by atoms with Crippen molar-refractivity contribution in [2.24, 2.45) is 0 Å². The first-order chi connectivity index (χ1) is 30.4. The van der Waals surface area contributed by atoms with Crippen LogP contribution in [-0.2, 0) is 42.6 Å². The van der Waals surface area contributed by atoms with Gasteiger partial charge in [0, 0.05) is 12.3 Å². The lowest BCUT2D eigenvalue weighted by Crippen LogP contribution is -2.63. The van der Waals surface area contributed by atoms with Crippen LogP contribution in [0.5, 0.6) is 0 Å². The van der Waals surface area contributed by atoms with Crippen LogP contribution in [0, 0.1) is 0 Å². The van der Waals surface area contributed by atoms with Crippen molar-refractivity contribution in [3.05, 3.63) is 177 Å². The number of benzene rings is 4. The Kier molecular flexibility index (Phi) is 12.7. The zero-order chi connectivity index (χ0) is 44.1. The molecule has 0 unspecified atom stereocenters. The Balaban J connectivity index is 1.17. The molecule has 17 nitrogen and oxygen atoms in total. The number of rotatable bonds is 13. The molecule has 17 heteroatoms. The maximum Gasteiger partial charge on any atom is 0.338 e. The van der Waals surface area contributed by atoms with E-state index in [0.717, 1.165) is 10.6 Å². The van der Waals surface area contributed by atoms with Crippen molar-refractivity contribution >= 4 is 23.9 Å². The fourth-order valence-corrected chi connectivity index (χ4v) is 7.50. The molecule has 3 fully saturated rings. The van der Waals surface area contributed by atoms with Crippen molar-refractivity contribution in [2.75, 3.05) is 13.2 Å². The summed E-state index contributed by atoms with van der Waals surface area (Å²) in [5.41, 5.74) is -0.782. The zero-order valence-corrected chi connectivity index (χ0v) is 33.9. The van der Waals surface area contributed by atoms with Crippen molar-refractivity contribution in [3.8, 4) is 0 Å². The molecule has 9 atom stereocenters. The van der Waals surface area contributed by atoms with E-state index in [0.29, 0.717) is 0 Å². The van der Waals surface area contributed by atoms with Crippen LogP contribution in [0.3, 0.4) is 0 Å². The standard InChI is InChI=1S/C46H42N2O15/c1-46(2)62-35-32(57-39(37(35)63-46)48-24-23-33(49)47-45(48)54)26-56-44-38(61-43(53)30-21-13-6-14-22-30)36(60-42(52)29-19-11-5-12-20-29)34(59-41(51)28-17-9-4-10-18-28)31(58-44)25-55-40(50)27-15-7-3-8-16-27/h3-24,31-32,34-39,44H,25-26H2,1-2H3,(H,47,49,54)/t31-,32-,34-,35-,36+,37-,38-,39-,44-/m1/s1. The number of H-pyrrole nitrogens is 1. The lowest BCUT2D eigenvalue weighted by Gasteiger charge is -2.44. The number of nitrogens with zero attached hydrogens (tertiary/aromatic N) is 1. The minimum Gasteiger partial charge on any atom is -0.459 e. The second-order valence-electron chi connectivity index (χ2n) is 15.2. The van der Waals surface area contributed by atoms with E-state index in [9.17, 15) is 28.8 Å². The second-order valence-corrected chi connectivity index (χ2v) is 15.2. The minimum absolute atomic E-state index is 0.115. The molecule has 3 aliphatic rings. The Labute approximate surface area is 359 Å². The van der Waals surface area contributed by atoms with E-state index < -0.39 is 103 Å². The van der Waals surface area contributed by atoms with Gasteiger partial charge in [0.1, 0.15) is 31.0 Å². The number of carbonyl (C=O) groups excluding carboxylic acids is 4. The van der Waals surface area contributed by atoms with E-state index in [-0.39, 0.29) is 28.9 Å². The molecular formula is C46H42N2O15. The summed E-state index contributed by atoms with van der Waals surface area (Å²) in [7, 11) is 0. The molecule has 3 aliphatic heterocycles. The molecule has 63 heavy (non-hydrogen) atoms. The van der Waals surface area contributed by atoms with Gasteiger partial charge in [-0.1, -0.05) is 72.8 Å². The molecule has 8 rings (SSSR count). The van der Waals surface area contributed by atoms with Crippen molar-refractivity contribution in [1.82, 2.24) is 9.55 Å². The summed E-state index contributed by atoms with van der Waals surface area (Å²) in [5, 5.41) is 0. The van der Waals surface area contributed by atoms with Gasteiger partial charge in [0.15, 0.2) is 36.6 Å². The van der Waals surface area contributed by atoms with Gasteiger partial charge in [-0.25, -0.2) is 24.0 Å². The molecule has 0 saturated carbocycles. The van der Waals surface area contributed by atoms with E-state index in [1.165, 1.54) is 42.6 Å². The third-order valence-electron chi connectivity index (χ3n) is 10.4. The van der Waals surface area contributed by atoms with Crippen LogP contribution in [0.1, 0.15) is 61.5 Å². The molecule has 0 bridgehead atoms. The first kappa shape index (κ1) is 42.9. The SMILES string of the molecule is CC1(C)O[C@@H]2[C@H](O1)[C@@H](CO[C@@H]1O[C@H](COC(=O)c3ccccc3)[C@@H](OC(=O)c3ccccc3)[C@H](OC(=O)c3ccccc3)[C@H]1OC(=O)c1ccccc1)O[C@H]2n1ccc(=O)[nH]c1=O. The fourth-order valence-electron chi connectivity index (χ4n) is 7.50. The molecule has 1 N–H and O–H groups in total. The zero-order valence-electron chi connectivity index (χ0n) is 33.9. The van der Waals surface area contributed by atoms with Crippen LogP contribution in [0.4, 0.5) is 0 Å². The molecule has 4 heterocycles. The van der Waals surface area contributed by atoms with Crippen LogP contribution < -0.4 is 11.2 Å². The highest BCUT2D eigenvalue weighted by Crippen LogP contribution is 2.43. The lowest BCUT2D eigenvalue weighted by molar-refractivity contribution is -0.305. The van der Waals surface area contributed by atoms with Crippen LogP contribution in [-0.4, -0.2) is 101 Å². The van der Waals surface area contributed by atoms with E-state index in [1.807, 2.05) is 0 Å². The van der Waals surface area contributed by atoms with Gasteiger partial charge in [-0.2, -0.15) is 0 Å². The number of esters is 4. The molecule has 0 radical (unpaired) electrons. The highest BCUT2D eigenvalue weighted by Gasteiger charge is 2.58. The van der Waals surface area contributed by atoms with Crippen LogP contribution in [0.25, 0.3) is 0 Å². The summed E-state index contributed by atoms with van der Waals surface area (Å²) in [6.07, 6.45) is -10.4. The number of ether oxygens (including phenoxy) is 9. The second kappa shape index (κ2) is 18.7. The summed E-state index contributed by atoms with van der Waals surface area (Å²) in [6.45, 7) is 2.43. The van der Waals surface area contributed by atoms with Crippen molar-refractivity contribution in [1.29, 1.82) is 0 Å². The fraction of sp³-hybridized carbons (Fsp3) is 0.304. The molecule has 3 saturated heterocycles. The van der Waals surface area contributed by atoms with Gasteiger partial charge in [0.25, 0.3) is 5.56 Å². The molecular weight excluding hydrogens is 821 g/mol. The van der Waals surface area contributed by atoms with Gasteiger partial charge in [0.2, 0.25) is 0 Å². The Morgan fingerprint density at radius 3 is 1.57 bits per heavy atom. The van der Waals surface area contributed by atoms with Gasteiger partial charge in [-0.3, -0.25) is 14.3 Å². The lowest BCUT2D eigenvalue weighted by atomic mass is 9.97. The first-order valence-corrected chi connectivity index (χ1v) is 20.0. The van der Waals surface area contributed by atoms with Crippen molar-refractivity contribution in [2.45, 2.75) is 74.9 Å². The van der Waals surface area contributed by atoms with Crippen LogP contribution >= 0.6 is 0 Å². The molecule has 4 aromatic carbocycles. The third-order valence-corrected chi connectivity index (χ3v) is 10.4. The number of hydrogen-bond donors (Lipinski definition) is 1. The quantitative estimate of drug-likeness (QED) is 0.130. The number of nitrogens with one attached hydrogen (secondary N) is 1. The predicted molar refractivity (Wildman–Crippen MR) is 217 cm³/mol. The van der Waals surface area contributed by atoms with Gasteiger partial charge >= 0.3 is 29.6 Å². The van der Waals surface area contributed by atoms with E-state index in [4.69, 9.17) is 42.6 Å². The maximum atomic E-state index is 14.0. The molecule has 0 spiro atoms. The normalized spacial score (nSPS) is 25.9. The Hall–Kier alpha value is -6.76. The molecule has 0 amide bonds. The van der Waals surface area contributed by atoms with Crippen molar-refractivity contribution in [3.63, 3.8) is 0 Å². The average Bonchev–Trinajstić information content (AvgIpc) is 3.79. The van der Waals surface area contributed by atoms with E-state index in [2.05, 4.69) is 4.98 Å². The van der Waals surface area contributed by atoms with Gasteiger partial charge < -0.3 is 42.6 Å². The summed E-state index contributed by atoms with van der Waals surface area (Å²) < 4.78 is 56.8. The van der Waals surface area contributed by atoms with Crippen LogP contribution in [0.15, 0.2) is 143 Å². The third kappa shape index (κ3) is 9.83. The number of hydrogen-bond acceptors (Lipinski definition) is 15. The highest BCUT2D eigenvalue weighted by atomic mass is 16.8. The highest BCUT2D eigenvalue weighted by molar-refractivity contribution is 5.91. The van der Waals surface area contributed by atoms with E-state index in [1.54, 1.807) is 98.8 Å². The maximum absolute atomic E-state index is 14.0. The summed E-state index contributed by atoms with van der Waals surface area (Å²) >= 11 is 0. The minimum atomic E-state index is -1.66. The van der Waals surface area contributed by atoms with Gasteiger partial charge in [-0.05, 0) is 62.4 Å². The Morgan fingerprint density at radius 1 is 0.571 bits per heavy atom. The molecule has 5 aromatic rings. The molecule has 1 aromatic heterocycles. The largest absolute Gasteiger partial charge is 0.459 e. The predicted octanol–water partition coefficient (Wildman–Crippen LogP) is 4.23. The summed E-state index contributed by atoms with van der Waals surface area (Å²) in [6, 6.07) is 33.2. The van der Waals surface area contributed by atoms with E-state index >= 15 is 0 Å². The van der Waals surface area contributed by atoms with Crippen LogP contribution in [0.2, 0.25) is 0 Å². The smallest absolute Gasteiger partial charge is 0.338 e. The number of aromatic nitrogens is 2. The van der Waals surface area contributed by atoms with Gasteiger partial charge in [0.05, 0.1) is 28.9 Å². The van der Waals surface area contributed by atoms with Crippen molar-refractivity contribution < 1.29 is 61.8 Å². The number of aromatic amines is 1.